The molecule has 0 saturated heterocycles. The molecular weight excluding hydrogens is 703 g/mol. The Labute approximate surface area is 324 Å². The van der Waals surface area contributed by atoms with Crippen molar-refractivity contribution >= 4 is 80.5 Å². The molecule has 0 N–H and O–H groups in total. The van der Waals surface area contributed by atoms with Gasteiger partial charge in [0, 0.05) is 37.5 Å². The fourth-order valence-corrected chi connectivity index (χ4v) is 9.39. The first-order valence-corrected chi connectivity index (χ1v) is 19.5. The number of hydrogen-bond acceptors (Lipinski definition) is 5. The van der Waals surface area contributed by atoms with Crippen LogP contribution in [0.1, 0.15) is 0 Å². The number of rotatable bonds is 4. The van der Waals surface area contributed by atoms with Crippen LogP contribution in [0.15, 0.2) is 176 Å². The third-order valence-corrected chi connectivity index (χ3v) is 12.1. The third-order valence-electron chi connectivity index (χ3n) is 11.0. The van der Waals surface area contributed by atoms with Crippen LogP contribution in [0.4, 0.5) is 0 Å². The number of thiophene rings is 1. The summed E-state index contributed by atoms with van der Waals surface area (Å²) in [5.41, 5.74) is 8.06. The van der Waals surface area contributed by atoms with Gasteiger partial charge in [0.2, 0.25) is 0 Å². The predicted molar refractivity (Wildman–Crippen MR) is 233 cm³/mol. The fourth-order valence-electron chi connectivity index (χ4n) is 8.20. The quantitative estimate of drug-likeness (QED) is 0.181. The van der Waals surface area contributed by atoms with E-state index in [0.717, 1.165) is 55.4 Å². The number of pyridine rings is 1. The van der Waals surface area contributed by atoms with Crippen molar-refractivity contribution in [2.75, 3.05) is 0 Å². The molecule has 0 unspecified atom stereocenters. The first-order chi connectivity index (χ1) is 27.7. The van der Waals surface area contributed by atoms with Crippen LogP contribution in [0.5, 0.6) is 0 Å². The highest BCUT2D eigenvalue weighted by Crippen LogP contribution is 2.43. The van der Waals surface area contributed by atoms with Gasteiger partial charge in [-0.05, 0) is 62.8 Å². The maximum Gasteiger partial charge on any atom is 0.164 e. The van der Waals surface area contributed by atoms with Crippen molar-refractivity contribution in [3.63, 3.8) is 0 Å². The molecule has 0 bridgehead atoms. The molecular formula is C50H29N5S. The highest BCUT2D eigenvalue weighted by atomic mass is 32.1. The molecule has 0 aliphatic rings. The second-order valence-corrected chi connectivity index (χ2v) is 15.4. The Kier molecular flexibility index (Phi) is 6.73. The van der Waals surface area contributed by atoms with E-state index >= 15 is 0 Å². The van der Waals surface area contributed by atoms with E-state index in [2.05, 4.69) is 150 Å². The molecule has 0 spiro atoms. The van der Waals surface area contributed by atoms with E-state index in [1.165, 1.54) is 41.7 Å². The second-order valence-electron chi connectivity index (χ2n) is 14.3. The molecule has 0 atom stereocenters. The van der Waals surface area contributed by atoms with E-state index < -0.39 is 0 Å². The van der Waals surface area contributed by atoms with Crippen LogP contribution in [0, 0.1) is 0 Å². The van der Waals surface area contributed by atoms with E-state index in [1.807, 2.05) is 41.7 Å². The van der Waals surface area contributed by atoms with Gasteiger partial charge in [0.1, 0.15) is 0 Å². The van der Waals surface area contributed by atoms with Gasteiger partial charge in [-0.2, -0.15) is 0 Å². The summed E-state index contributed by atoms with van der Waals surface area (Å²) in [5, 5.41) is 9.61. The van der Waals surface area contributed by atoms with E-state index in [0.29, 0.717) is 17.5 Å². The Morgan fingerprint density at radius 3 is 1.71 bits per heavy atom. The lowest BCUT2D eigenvalue weighted by Crippen LogP contribution is -2.00. The Morgan fingerprint density at radius 1 is 0.375 bits per heavy atom. The topological polar surface area (TPSA) is 56.0 Å². The van der Waals surface area contributed by atoms with Crippen molar-refractivity contribution in [3.05, 3.63) is 176 Å². The minimum atomic E-state index is 0.629. The molecule has 0 saturated carbocycles. The van der Waals surface area contributed by atoms with Gasteiger partial charge in [0.05, 0.1) is 21.4 Å². The summed E-state index contributed by atoms with van der Waals surface area (Å²) in [4.78, 5) is 20.5. The van der Waals surface area contributed by atoms with Crippen LogP contribution in [-0.4, -0.2) is 24.3 Å². The van der Waals surface area contributed by atoms with Crippen molar-refractivity contribution in [1.82, 2.24) is 24.3 Å². The molecule has 0 fully saturated rings. The van der Waals surface area contributed by atoms with E-state index in [1.54, 1.807) is 0 Å². The number of hydrogen-bond donors (Lipinski definition) is 0. The Hall–Kier alpha value is -7.28. The lowest BCUT2D eigenvalue weighted by atomic mass is 10.0. The number of nitrogens with zero attached hydrogens (tertiary/aromatic N) is 5. The molecule has 56 heavy (non-hydrogen) atoms. The summed E-state index contributed by atoms with van der Waals surface area (Å²) in [7, 11) is 0. The molecule has 0 amide bonds. The molecule has 0 aliphatic carbocycles. The van der Waals surface area contributed by atoms with Crippen LogP contribution < -0.4 is 0 Å². The van der Waals surface area contributed by atoms with Crippen LogP contribution >= 0.6 is 11.3 Å². The van der Waals surface area contributed by atoms with Crippen molar-refractivity contribution in [2.45, 2.75) is 0 Å². The second kappa shape index (κ2) is 12.1. The normalized spacial score (nSPS) is 11.9. The van der Waals surface area contributed by atoms with Gasteiger partial charge in [-0.1, -0.05) is 146 Å². The van der Waals surface area contributed by atoms with E-state index in [-0.39, 0.29) is 0 Å². The number of aromatic nitrogens is 5. The van der Waals surface area contributed by atoms with Gasteiger partial charge in [-0.3, -0.25) is 4.40 Å². The van der Waals surface area contributed by atoms with Gasteiger partial charge in [0.15, 0.2) is 23.1 Å². The van der Waals surface area contributed by atoms with Gasteiger partial charge in [-0.25, -0.2) is 19.9 Å². The smallest absolute Gasteiger partial charge is 0.164 e. The lowest BCUT2D eigenvalue weighted by molar-refractivity contribution is 1.07. The van der Waals surface area contributed by atoms with Crippen LogP contribution in [0.3, 0.4) is 0 Å². The molecule has 12 aromatic rings. The number of imidazole rings is 1. The molecule has 4 heterocycles. The van der Waals surface area contributed by atoms with Crippen LogP contribution in [-0.2, 0) is 0 Å². The largest absolute Gasteiger partial charge is 0.291 e. The highest BCUT2D eigenvalue weighted by Gasteiger charge is 2.20. The van der Waals surface area contributed by atoms with Crippen molar-refractivity contribution < 1.29 is 0 Å². The summed E-state index contributed by atoms with van der Waals surface area (Å²) in [5.74, 6) is 1.91. The predicted octanol–water partition coefficient (Wildman–Crippen LogP) is 13.2. The minimum absolute atomic E-state index is 0.629. The third kappa shape index (κ3) is 4.86. The molecule has 260 valence electrons. The standard InChI is InChI=1S/C50H29N5S/c1-2-12-33(13-3-1)47-52-48(54-49(53-47)38-23-18-30-10-4-5-14-35(30)26-38)34-21-19-32(20-22-34)43-29-41-40-27-36-15-6-7-16-37(36)28-44(40)56-46(41)50-51-45-39-17-9-8-11-31(39)24-25-42(45)55(43)50/h1-29H. The minimum Gasteiger partial charge on any atom is -0.291 e. The number of benzene rings is 8. The van der Waals surface area contributed by atoms with Crippen molar-refractivity contribution in [3.8, 4) is 45.4 Å². The lowest BCUT2D eigenvalue weighted by Gasteiger charge is -2.11. The average Bonchev–Trinajstić information content (AvgIpc) is 3.84. The SMILES string of the molecule is c1ccc(-c2nc(-c3ccc(-c4cc5c6cc7ccccc7cc6sc5c5nc6c7ccccc7ccc6n45)cc3)nc(-c3ccc4ccccc4c3)n2)cc1. The van der Waals surface area contributed by atoms with Gasteiger partial charge in [-0.15, -0.1) is 11.3 Å². The fraction of sp³-hybridized carbons (Fsp3) is 0. The summed E-state index contributed by atoms with van der Waals surface area (Å²) >= 11 is 1.82. The average molecular weight is 732 g/mol. The maximum absolute atomic E-state index is 5.43. The Bertz CT molecular complexity index is 3530. The van der Waals surface area contributed by atoms with Gasteiger partial charge < -0.3 is 0 Å². The van der Waals surface area contributed by atoms with E-state index in [9.17, 15) is 0 Å². The highest BCUT2D eigenvalue weighted by molar-refractivity contribution is 7.26. The molecule has 0 aliphatic heterocycles. The molecule has 8 aromatic carbocycles. The molecule has 0 radical (unpaired) electrons. The van der Waals surface area contributed by atoms with Crippen molar-refractivity contribution in [1.29, 1.82) is 0 Å². The first-order valence-electron chi connectivity index (χ1n) is 18.7. The zero-order chi connectivity index (χ0) is 36.7. The van der Waals surface area contributed by atoms with Crippen molar-refractivity contribution in [2.24, 2.45) is 0 Å². The zero-order valence-corrected chi connectivity index (χ0v) is 30.7. The summed E-state index contributed by atoms with van der Waals surface area (Å²) < 4.78 is 4.80. The molecule has 12 rings (SSSR count). The van der Waals surface area contributed by atoms with Gasteiger partial charge >= 0.3 is 0 Å². The maximum atomic E-state index is 5.43. The zero-order valence-electron chi connectivity index (χ0n) is 29.9. The van der Waals surface area contributed by atoms with Crippen LogP contribution in [0.2, 0.25) is 0 Å². The Morgan fingerprint density at radius 2 is 0.946 bits per heavy atom. The summed E-state index contributed by atoms with van der Waals surface area (Å²) in [6.07, 6.45) is 0. The summed E-state index contributed by atoms with van der Waals surface area (Å²) in [6, 6.07) is 62.1. The molecule has 5 nitrogen and oxygen atoms in total. The molecule has 4 aromatic heterocycles. The monoisotopic (exact) mass is 731 g/mol. The van der Waals surface area contributed by atoms with Crippen LogP contribution in [0.25, 0.3) is 115 Å². The number of fused-ring (bicyclic) bond motifs is 11. The molecule has 6 heteroatoms. The Balaban J connectivity index is 1.06. The van der Waals surface area contributed by atoms with Gasteiger partial charge in [0.25, 0.3) is 0 Å². The van der Waals surface area contributed by atoms with E-state index in [4.69, 9.17) is 19.9 Å². The first kappa shape index (κ1) is 31.1. The summed E-state index contributed by atoms with van der Waals surface area (Å²) in [6.45, 7) is 0.